The standard InChI is InChI=1S/C15H11O4/c16-11-18-14(12-7-3-1-4-8-12)15(17)19-13-9-5-2-6-10-13/h1-10,14H. The van der Waals surface area contributed by atoms with Crippen LogP contribution in [-0.2, 0) is 14.3 Å². The third-order valence-corrected chi connectivity index (χ3v) is 2.44. The highest BCUT2D eigenvalue weighted by Gasteiger charge is 2.24. The van der Waals surface area contributed by atoms with Gasteiger partial charge in [-0.05, 0) is 12.1 Å². The molecule has 0 heterocycles. The van der Waals surface area contributed by atoms with Crippen molar-refractivity contribution in [2.24, 2.45) is 0 Å². The molecule has 0 aromatic heterocycles. The highest BCUT2D eigenvalue weighted by Crippen LogP contribution is 2.20. The zero-order chi connectivity index (χ0) is 13.5. The number of hydrogen-bond acceptors (Lipinski definition) is 4. The van der Waals surface area contributed by atoms with Gasteiger partial charge in [0.1, 0.15) is 5.75 Å². The predicted octanol–water partition coefficient (Wildman–Crippen LogP) is 2.42. The van der Waals surface area contributed by atoms with Crippen molar-refractivity contribution in [2.45, 2.75) is 6.10 Å². The van der Waals surface area contributed by atoms with E-state index in [4.69, 9.17) is 4.74 Å². The van der Waals surface area contributed by atoms with E-state index < -0.39 is 12.1 Å². The molecule has 0 saturated heterocycles. The van der Waals surface area contributed by atoms with Crippen molar-refractivity contribution in [3.63, 3.8) is 0 Å². The number of carbonyl (C=O) groups is 1. The van der Waals surface area contributed by atoms with E-state index in [1.165, 1.54) is 6.47 Å². The van der Waals surface area contributed by atoms with E-state index in [1.54, 1.807) is 54.6 Å². The monoisotopic (exact) mass is 255 g/mol. The second-order valence-electron chi connectivity index (χ2n) is 3.73. The summed E-state index contributed by atoms with van der Waals surface area (Å²) in [6.45, 7) is 1.28. The molecular formula is C15H11O4. The summed E-state index contributed by atoms with van der Waals surface area (Å²) in [5.74, 6) is -0.274. The number of rotatable bonds is 5. The van der Waals surface area contributed by atoms with Gasteiger partial charge in [-0.2, -0.15) is 0 Å². The van der Waals surface area contributed by atoms with Gasteiger partial charge in [0.2, 0.25) is 6.10 Å². The SMILES string of the molecule is O=[C]OC(C(=O)Oc1ccccc1)c1ccccc1. The van der Waals surface area contributed by atoms with Gasteiger partial charge in [0.05, 0.1) is 0 Å². The molecule has 0 N–H and O–H groups in total. The topological polar surface area (TPSA) is 52.6 Å². The minimum absolute atomic E-state index is 0.392. The van der Waals surface area contributed by atoms with Crippen LogP contribution in [0, 0.1) is 0 Å². The maximum atomic E-state index is 12.0. The highest BCUT2D eigenvalue weighted by atomic mass is 16.6. The summed E-state index contributed by atoms with van der Waals surface area (Å²) < 4.78 is 9.82. The van der Waals surface area contributed by atoms with Crippen molar-refractivity contribution in [3.05, 3.63) is 66.2 Å². The lowest BCUT2D eigenvalue weighted by Gasteiger charge is -2.13. The summed E-state index contributed by atoms with van der Waals surface area (Å²) in [7, 11) is 0. The molecule has 95 valence electrons. The van der Waals surface area contributed by atoms with E-state index in [9.17, 15) is 9.59 Å². The van der Waals surface area contributed by atoms with Gasteiger partial charge in [0, 0.05) is 5.56 Å². The summed E-state index contributed by atoms with van der Waals surface area (Å²) in [6.07, 6.45) is -1.11. The molecule has 0 aliphatic heterocycles. The molecule has 2 aromatic rings. The summed E-state index contributed by atoms with van der Waals surface area (Å²) in [5.41, 5.74) is 0.534. The Labute approximate surface area is 110 Å². The predicted molar refractivity (Wildman–Crippen MR) is 68.0 cm³/mol. The van der Waals surface area contributed by atoms with Crippen molar-refractivity contribution < 1.29 is 19.1 Å². The lowest BCUT2D eigenvalue weighted by molar-refractivity contribution is -0.143. The lowest BCUT2D eigenvalue weighted by atomic mass is 10.1. The van der Waals surface area contributed by atoms with Gasteiger partial charge in [-0.25, -0.2) is 9.59 Å². The molecule has 0 aliphatic carbocycles. The second-order valence-corrected chi connectivity index (χ2v) is 3.73. The Bertz CT molecular complexity index is 537. The molecule has 1 atom stereocenters. The fourth-order valence-corrected chi connectivity index (χ4v) is 1.59. The van der Waals surface area contributed by atoms with Crippen LogP contribution in [0.2, 0.25) is 0 Å². The van der Waals surface area contributed by atoms with Gasteiger partial charge < -0.3 is 9.47 Å². The van der Waals surface area contributed by atoms with E-state index in [1.807, 2.05) is 6.07 Å². The van der Waals surface area contributed by atoms with Crippen LogP contribution in [0.5, 0.6) is 5.75 Å². The normalized spacial score (nSPS) is 11.4. The quantitative estimate of drug-likeness (QED) is 0.608. The van der Waals surface area contributed by atoms with Crippen molar-refractivity contribution in [1.82, 2.24) is 0 Å². The number of ether oxygens (including phenoxy) is 2. The molecule has 0 fully saturated rings. The zero-order valence-corrected chi connectivity index (χ0v) is 9.98. The summed E-state index contributed by atoms with van der Waals surface area (Å²) >= 11 is 0. The van der Waals surface area contributed by atoms with Crippen molar-refractivity contribution in [3.8, 4) is 5.75 Å². The lowest BCUT2D eigenvalue weighted by Crippen LogP contribution is -2.21. The van der Waals surface area contributed by atoms with E-state index in [0.717, 1.165) is 0 Å². The maximum absolute atomic E-state index is 12.0. The van der Waals surface area contributed by atoms with E-state index in [-0.39, 0.29) is 0 Å². The van der Waals surface area contributed by atoms with Crippen LogP contribution < -0.4 is 4.74 Å². The Kier molecular flexibility index (Phi) is 4.29. The van der Waals surface area contributed by atoms with Gasteiger partial charge >= 0.3 is 12.4 Å². The third-order valence-electron chi connectivity index (χ3n) is 2.44. The van der Waals surface area contributed by atoms with Crippen LogP contribution in [0.4, 0.5) is 0 Å². The first kappa shape index (κ1) is 12.8. The number of para-hydroxylation sites is 1. The molecule has 4 nitrogen and oxygen atoms in total. The van der Waals surface area contributed by atoms with Crippen molar-refractivity contribution in [1.29, 1.82) is 0 Å². The van der Waals surface area contributed by atoms with Gasteiger partial charge in [-0.3, -0.25) is 0 Å². The van der Waals surface area contributed by atoms with Crippen LogP contribution in [0.1, 0.15) is 11.7 Å². The minimum atomic E-state index is -1.11. The molecule has 19 heavy (non-hydrogen) atoms. The molecule has 1 unspecified atom stereocenters. The Balaban J connectivity index is 2.15. The molecule has 0 amide bonds. The molecule has 4 heteroatoms. The Morgan fingerprint density at radius 1 is 0.947 bits per heavy atom. The van der Waals surface area contributed by atoms with Crippen LogP contribution in [0.25, 0.3) is 0 Å². The Morgan fingerprint density at radius 2 is 1.53 bits per heavy atom. The molecule has 2 aromatic carbocycles. The molecule has 0 spiro atoms. The fraction of sp³-hybridized carbons (Fsp3) is 0.0667. The van der Waals surface area contributed by atoms with Gasteiger partial charge in [0.25, 0.3) is 0 Å². The van der Waals surface area contributed by atoms with E-state index in [2.05, 4.69) is 4.74 Å². The summed E-state index contributed by atoms with van der Waals surface area (Å²) in [5, 5.41) is 0. The van der Waals surface area contributed by atoms with Crippen LogP contribution in [0.15, 0.2) is 60.7 Å². The molecule has 2 rings (SSSR count). The number of carbonyl (C=O) groups excluding carboxylic acids is 2. The minimum Gasteiger partial charge on any atom is -0.437 e. The Hall–Kier alpha value is -2.62. The Morgan fingerprint density at radius 3 is 2.11 bits per heavy atom. The average molecular weight is 255 g/mol. The first-order valence-electron chi connectivity index (χ1n) is 5.66. The van der Waals surface area contributed by atoms with Gasteiger partial charge in [0.15, 0.2) is 0 Å². The molecule has 0 bridgehead atoms. The number of hydrogen-bond donors (Lipinski definition) is 0. The first-order chi connectivity index (χ1) is 9.31. The maximum Gasteiger partial charge on any atom is 0.418 e. The molecule has 0 aliphatic rings. The van der Waals surface area contributed by atoms with Crippen molar-refractivity contribution in [2.75, 3.05) is 0 Å². The van der Waals surface area contributed by atoms with Crippen LogP contribution >= 0.6 is 0 Å². The second kappa shape index (κ2) is 6.35. The third kappa shape index (κ3) is 3.42. The van der Waals surface area contributed by atoms with Gasteiger partial charge in [-0.1, -0.05) is 48.5 Å². The average Bonchev–Trinajstić information content (AvgIpc) is 2.46. The van der Waals surface area contributed by atoms with Crippen molar-refractivity contribution >= 4 is 12.4 Å². The molecular weight excluding hydrogens is 244 g/mol. The molecule has 1 radical (unpaired) electrons. The smallest absolute Gasteiger partial charge is 0.418 e. The highest BCUT2D eigenvalue weighted by molar-refractivity contribution is 5.79. The largest absolute Gasteiger partial charge is 0.437 e. The van der Waals surface area contributed by atoms with E-state index in [0.29, 0.717) is 11.3 Å². The van der Waals surface area contributed by atoms with Crippen LogP contribution in [-0.4, -0.2) is 12.4 Å². The van der Waals surface area contributed by atoms with Gasteiger partial charge in [-0.15, -0.1) is 0 Å². The summed E-state index contributed by atoms with van der Waals surface area (Å²) in [4.78, 5) is 22.4. The fourth-order valence-electron chi connectivity index (χ4n) is 1.59. The summed E-state index contributed by atoms with van der Waals surface area (Å²) in [6, 6.07) is 17.2. The first-order valence-corrected chi connectivity index (χ1v) is 5.66. The zero-order valence-electron chi connectivity index (χ0n) is 9.98. The molecule has 0 saturated carbocycles. The van der Waals surface area contributed by atoms with Crippen LogP contribution in [0.3, 0.4) is 0 Å². The number of benzene rings is 2. The van der Waals surface area contributed by atoms with E-state index >= 15 is 0 Å². The number of esters is 1.